The minimum absolute atomic E-state index is 0.489. The summed E-state index contributed by atoms with van der Waals surface area (Å²) in [6.07, 6.45) is 4.52. The lowest BCUT2D eigenvalue weighted by Crippen LogP contribution is -2.04. The van der Waals surface area contributed by atoms with Gasteiger partial charge in [0.15, 0.2) is 0 Å². The molecule has 0 aliphatic heterocycles. The van der Waals surface area contributed by atoms with E-state index in [-0.39, 0.29) is 0 Å². The molecule has 5 aromatic carbocycles. The SMILES string of the molecule is CC[C@@H](C)/C=C(\Cc1ccccc1)n1c2cc3sccc3cc2c2c3ccccc3c3ccccc3c21. The average molecular weight is 496 g/mol. The van der Waals surface area contributed by atoms with E-state index in [2.05, 4.69) is 127 Å². The first-order chi connectivity index (χ1) is 18.2. The lowest BCUT2D eigenvalue weighted by Gasteiger charge is -2.17. The van der Waals surface area contributed by atoms with Crippen LogP contribution in [0.2, 0.25) is 0 Å². The van der Waals surface area contributed by atoms with Crippen molar-refractivity contribution < 1.29 is 0 Å². The Labute approximate surface area is 221 Å². The molecule has 0 N–H and O–H groups in total. The second-order valence-electron chi connectivity index (χ2n) is 10.2. The van der Waals surface area contributed by atoms with Gasteiger partial charge in [0.1, 0.15) is 0 Å². The van der Waals surface area contributed by atoms with Crippen LogP contribution in [0.1, 0.15) is 25.8 Å². The molecule has 180 valence electrons. The van der Waals surface area contributed by atoms with Gasteiger partial charge < -0.3 is 4.57 Å². The maximum Gasteiger partial charge on any atom is 0.0622 e. The van der Waals surface area contributed by atoms with Gasteiger partial charge in [-0.1, -0.05) is 105 Å². The maximum atomic E-state index is 2.60. The minimum atomic E-state index is 0.489. The summed E-state index contributed by atoms with van der Waals surface area (Å²) < 4.78 is 3.94. The Hall–Kier alpha value is -3.88. The van der Waals surface area contributed by atoms with Crippen molar-refractivity contribution in [3.05, 3.63) is 114 Å². The second kappa shape index (κ2) is 8.90. The Balaban J connectivity index is 1.71. The Kier molecular flexibility index (Phi) is 5.37. The standard InChI is InChI=1S/C35H29NS/c1-3-23(2)19-26(20-24-11-5-4-6-12-24)36-32-22-33-25(17-18-37-33)21-31(32)34-29-15-9-7-13-27(29)28-14-8-10-16-30(28)35(34)36/h4-19,21-23H,3,20H2,1-2H3/b26-19+/t23-/m1/s1. The number of fused-ring (bicyclic) bond motifs is 9. The molecule has 0 saturated heterocycles. The maximum absolute atomic E-state index is 2.60. The first kappa shape index (κ1) is 22.3. The molecule has 0 amide bonds. The number of thiophene rings is 1. The van der Waals surface area contributed by atoms with Crippen LogP contribution in [0.15, 0.2) is 109 Å². The highest BCUT2D eigenvalue weighted by Crippen LogP contribution is 2.44. The van der Waals surface area contributed by atoms with Gasteiger partial charge in [0, 0.05) is 33.0 Å². The predicted octanol–water partition coefficient (Wildman–Crippen LogP) is 10.4. The number of hydrogen-bond donors (Lipinski definition) is 0. The fourth-order valence-electron chi connectivity index (χ4n) is 5.89. The molecule has 0 spiro atoms. The molecule has 0 bridgehead atoms. The van der Waals surface area contributed by atoms with Crippen molar-refractivity contribution in [2.45, 2.75) is 26.7 Å². The molecule has 2 heterocycles. The molecule has 0 fully saturated rings. The lowest BCUT2D eigenvalue weighted by atomic mass is 9.96. The first-order valence-corrected chi connectivity index (χ1v) is 14.1. The monoisotopic (exact) mass is 495 g/mol. The van der Waals surface area contributed by atoms with Crippen LogP contribution in [0.4, 0.5) is 0 Å². The summed E-state index contributed by atoms with van der Waals surface area (Å²) >= 11 is 1.83. The van der Waals surface area contributed by atoms with Crippen LogP contribution in [0.25, 0.3) is 59.1 Å². The van der Waals surface area contributed by atoms with Crippen molar-refractivity contribution in [1.82, 2.24) is 4.57 Å². The molecule has 1 atom stereocenters. The number of rotatable bonds is 5. The van der Waals surface area contributed by atoms with Crippen LogP contribution < -0.4 is 0 Å². The Bertz CT molecular complexity index is 1950. The van der Waals surface area contributed by atoms with E-state index in [0.29, 0.717) is 5.92 Å². The lowest BCUT2D eigenvalue weighted by molar-refractivity contribution is 0.695. The van der Waals surface area contributed by atoms with Gasteiger partial charge >= 0.3 is 0 Å². The van der Waals surface area contributed by atoms with Gasteiger partial charge in [-0.15, -0.1) is 11.3 Å². The van der Waals surface area contributed by atoms with Gasteiger partial charge in [0.05, 0.1) is 11.0 Å². The van der Waals surface area contributed by atoms with Gasteiger partial charge in [-0.3, -0.25) is 0 Å². The van der Waals surface area contributed by atoms with E-state index < -0.39 is 0 Å². The number of nitrogens with zero attached hydrogens (tertiary/aromatic N) is 1. The van der Waals surface area contributed by atoms with Crippen molar-refractivity contribution in [2.75, 3.05) is 0 Å². The van der Waals surface area contributed by atoms with E-state index in [1.165, 1.54) is 64.7 Å². The molecule has 1 nitrogen and oxygen atoms in total. The van der Waals surface area contributed by atoms with E-state index in [1.807, 2.05) is 11.3 Å². The van der Waals surface area contributed by atoms with E-state index in [4.69, 9.17) is 0 Å². The predicted molar refractivity (Wildman–Crippen MR) is 164 cm³/mol. The molecule has 2 heteroatoms. The minimum Gasteiger partial charge on any atom is -0.312 e. The van der Waals surface area contributed by atoms with Crippen molar-refractivity contribution in [1.29, 1.82) is 0 Å². The summed E-state index contributed by atoms with van der Waals surface area (Å²) in [7, 11) is 0. The first-order valence-electron chi connectivity index (χ1n) is 13.2. The quantitative estimate of drug-likeness (QED) is 0.209. The summed E-state index contributed by atoms with van der Waals surface area (Å²) in [6, 6.07) is 35.9. The van der Waals surface area contributed by atoms with Gasteiger partial charge in [-0.2, -0.15) is 0 Å². The van der Waals surface area contributed by atoms with Crippen LogP contribution >= 0.6 is 11.3 Å². The van der Waals surface area contributed by atoms with Crippen molar-refractivity contribution in [3.63, 3.8) is 0 Å². The summed E-state index contributed by atoms with van der Waals surface area (Å²) in [5, 5.41) is 11.5. The van der Waals surface area contributed by atoms with Gasteiger partial charge in [0.2, 0.25) is 0 Å². The zero-order valence-electron chi connectivity index (χ0n) is 21.2. The largest absolute Gasteiger partial charge is 0.312 e. The second-order valence-corrected chi connectivity index (χ2v) is 11.1. The van der Waals surface area contributed by atoms with Gasteiger partial charge in [0.25, 0.3) is 0 Å². The third kappa shape index (κ3) is 3.59. The molecule has 7 rings (SSSR count). The van der Waals surface area contributed by atoms with E-state index in [9.17, 15) is 0 Å². The summed E-state index contributed by atoms with van der Waals surface area (Å²) in [6.45, 7) is 4.62. The van der Waals surface area contributed by atoms with Gasteiger partial charge in [-0.25, -0.2) is 0 Å². The van der Waals surface area contributed by atoms with Crippen LogP contribution in [0.3, 0.4) is 0 Å². The Morgan fingerprint density at radius 1 is 0.784 bits per heavy atom. The van der Waals surface area contributed by atoms with Crippen molar-refractivity contribution in [3.8, 4) is 0 Å². The number of hydrogen-bond acceptors (Lipinski definition) is 1. The summed E-state index contributed by atoms with van der Waals surface area (Å²) in [4.78, 5) is 0. The topological polar surface area (TPSA) is 4.93 Å². The molecule has 2 aromatic heterocycles. The van der Waals surface area contributed by atoms with Crippen LogP contribution in [0, 0.1) is 5.92 Å². The van der Waals surface area contributed by atoms with Crippen molar-refractivity contribution >= 4 is 70.5 Å². The Morgan fingerprint density at radius 2 is 1.46 bits per heavy atom. The molecule has 0 radical (unpaired) electrons. The highest BCUT2D eigenvalue weighted by atomic mass is 32.1. The molecule has 0 saturated carbocycles. The van der Waals surface area contributed by atoms with E-state index in [0.717, 1.165) is 12.8 Å². The van der Waals surface area contributed by atoms with Crippen LogP contribution in [-0.4, -0.2) is 4.57 Å². The van der Waals surface area contributed by atoms with Gasteiger partial charge in [-0.05, 0) is 56.6 Å². The zero-order valence-corrected chi connectivity index (χ0v) is 22.1. The molecular formula is C35H29NS. The number of benzene rings is 5. The number of allylic oxidation sites excluding steroid dienone is 2. The number of aromatic nitrogens is 1. The molecule has 7 aromatic rings. The van der Waals surface area contributed by atoms with E-state index in [1.54, 1.807) is 0 Å². The smallest absolute Gasteiger partial charge is 0.0622 e. The highest BCUT2D eigenvalue weighted by molar-refractivity contribution is 7.17. The fourth-order valence-corrected chi connectivity index (χ4v) is 6.70. The summed E-state index contributed by atoms with van der Waals surface area (Å²) in [5.41, 5.74) is 5.33. The normalized spacial score (nSPS) is 13.4. The third-order valence-corrected chi connectivity index (χ3v) is 8.73. The van der Waals surface area contributed by atoms with E-state index >= 15 is 0 Å². The molecule has 0 unspecified atom stereocenters. The fraction of sp³-hybridized carbons (Fsp3) is 0.143. The Morgan fingerprint density at radius 3 is 2.22 bits per heavy atom. The average Bonchev–Trinajstić information content (AvgIpc) is 3.54. The zero-order chi connectivity index (χ0) is 24.9. The van der Waals surface area contributed by atoms with Crippen LogP contribution in [-0.2, 0) is 6.42 Å². The molecule has 0 aliphatic rings. The molecular weight excluding hydrogens is 466 g/mol. The molecule has 0 aliphatic carbocycles. The van der Waals surface area contributed by atoms with Crippen molar-refractivity contribution in [2.24, 2.45) is 5.92 Å². The van der Waals surface area contributed by atoms with Crippen LogP contribution in [0.5, 0.6) is 0 Å². The summed E-state index contributed by atoms with van der Waals surface area (Å²) in [5.74, 6) is 0.489. The molecule has 37 heavy (non-hydrogen) atoms. The highest BCUT2D eigenvalue weighted by Gasteiger charge is 2.21. The third-order valence-electron chi connectivity index (χ3n) is 7.85.